The molecule has 2 aliphatic rings. The standard InChI is InChI=1S/C21H32N2O/c1-21(2,24)16-23-12-10-18(11-13-23)15-22-20-14-19(20)9-8-17-6-4-3-5-7-17/h3-9,18-20,22,24H,10-16H2,1-2H3/b9-8+. The van der Waals surface area contributed by atoms with Crippen LogP contribution < -0.4 is 5.32 Å². The summed E-state index contributed by atoms with van der Waals surface area (Å²) in [6.45, 7) is 7.99. The minimum Gasteiger partial charge on any atom is -0.389 e. The van der Waals surface area contributed by atoms with Gasteiger partial charge in [0.1, 0.15) is 0 Å². The van der Waals surface area contributed by atoms with Gasteiger partial charge in [-0.05, 0) is 70.1 Å². The minimum atomic E-state index is -0.572. The van der Waals surface area contributed by atoms with Crippen LogP contribution >= 0.6 is 0 Å². The molecule has 0 aromatic heterocycles. The molecule has 2 atom stereocenters. The van der Waals surface area contributed by atoms with E-state index in [1.807, 2.05) is 13.8 Å². The number of β-amino-alcohol motifs (C(OH)–C–C–N with tert-alkyl or cyclic N) is 1. The first kappa shape index (κ1) is 17.7. The van der Waals surface area contributed by atoms with Crippen LogP contribution in [-0.4, -0.2) is 47.8 Å². The summed E-state index contributed by atoms with van der Waals surface area (Å²) in [4.78, 5) is 2.40. The van der Waals surface area contributed by atoms with Crippen molar-refractivity contribution in [3.05, 3.63) is 42.0 Å². The normalized spacial score (nSPS) is 26.1. The maximum absolute atomic E-state index is 9.92. The molecule has 0 radical (unpaired) electrons. The summed E-state index contributed by atoms with van der Waals surface area (Å²) in [5.41, 5.74) is 0.722. The second-order valence-electron chi connectivity index (χ2n) is 8.22. The molecule has 132 valence electrons. The van der Waals surface area contributed by atoms with Crippen LogP contribution in [0.3, 0.4) is 0 Å². The monoisotopic (exact) mass is 328 g/mol. The topological polar surface area (TPSA) is 35.5 Å². The van der Waals surface area contributed by atoms with E-state index >= 15 is 0 Å². The molecule has 2 fully saturated rings. The quantitative estimate of drug-likeness (QED) is 0.807. The lowest BCUT2D eigenvalue weighted by atomic mass is 9.95. The second-order valence-corrected chi connectivity index (χ2v) is 8.22. The van der Waals surface area contributed by atoms with Gasteiger partial charge in [0, 0.05) is 12.6 Å². The summed E-state index contributed by atoms with van der Waals surface area (Å²) in [7, 11) is 0. The summed E-state index contributed by atoms with van der Waals surface area (Å²) in [5, 5.41) is 13.7. The predicted molar refractivity (Wildman–Crippen MR) is 101 cm³/mol. The molecule has 3 nitrogen and oxygen atoms in total. The third-order valence-corrected chi connectivity index (χ3v) is 5.16. The Balaban J connectivity index is 1.32. The van der Waals surface area contributed by atoms with Crippen LogP contribution in [0.25, 0.3) is 6.08 Å². The van der Waals surface area contributed by atoms with Gasteiger partial charge in [-0.2, -0.15) is 0 Å². The molecule has 3 heteroatoms. The number of nitrogens with zero attached hydrogens (tertiary/aromatic N) is 1. The average Bonchev–Trinajstić information content (AvgIpc) is 3.30. The lowest BCUT2D eigenvalue weighted by molar-refractivity contribution is 0.0245. The highest BCUT2D eigenvalue weighted by Gasteiger charge is 2.35. The van der Waals surface area contributed by atoms with E-state index < -0.39 is 5.60 Å². The van der Waals surface area contributed by atoms with Crippen molar-refractivity contribution >= 4 is 6.08 Å². The van der Waals surface area contributed by atoms with Gasteiger partial charge >= 0.3 is 0 Å². The van der Waals surface area contributed by atoms with Crippen LogP contribution in [0, 0.1) is 11.8 Å². The molecule has 1 heterocycles. The van der Waals surface area contributed by atoms with Crippen molar-refractivity contribution in [2.75, 3.05) is 26.2 Å². The van der Waals surface area contributed by atoms with Crippen LogP contribution in [0.15, 0.2) is 36.4 Å². The molecule has 24 heavy (non-hydrogen) atoms. The summed E-state index contributed by atoms with van der Waals surface area (Å²) in [6, 6.07) is 11.2. The molecule has 1 aromatic rings. The van der Waals surface area contributed by atoms with Crippen molar-refractivity contribution in [3.63, 3.8) is 0 Å². The van der Waals surface area contributed by atoms with Gasteiger partial charge in [0.15, 0.2) is 0 Å². The fraction of sp³-hybridized carbons (Fsp3) is 0.619. The summed E-state index contributed by atoms with van der Waals surface area (Å²) < 4.78 is 0. The van der Waals surface area contributed by atoms with Gasteiger partial charge < -0.3 is 15.3 Å². The number of piperidine rings is 1. The lowest BCUT2D eigenvalue weighted by Crippen LogP contribution is -2.44. The Morgan fingerprint density at radius 2 is 1.92 bits per heavy atom. The molecule has 2 unspecified atom stereocenters. The van der Waals surface area contributed by atoms with Crippen LogP contribution in [0.1, 0.15) is 38.7 Å². The fourth-order valence-corrected chi connectivity index (χ4v) is 3.67. The Kier molecular flexibility index (Phi) is 5.75. The molecule has 1 saturated heterocycles. The van der Waals surface area contributed by atoms with Gasteiger partial charge in [-0.25, -0.2) is 0 Å². The molecule has 1 aliphatic carbocycles. The maximum Gasteiger partial charge on any atom is 0.0718 e. The number of nitrogens with one attached hydrogen (secondary N) is 1. The zero-order chi connectivity index (χ0) is 17.0. The maximum atomic E-state index is 9.92. The smallest absolute Gasteiger partial charge is 0.0718 e. The van der Waals surface area contributed by atoms with E-state index in [9.17, 15) is 5.11 Å². The van der Waals surface area contributed by atoms with E-state index in [-0.39, 0.29) is 0 Å². The highest BCUT2D eigenvalue weighted by molar-refractivity contribution is 5.49. The van der Waals surface area contributed by atoms with Crippen molar-refractivity contribution in [1.29, 1.82) is 0 Å². The van der Waals surface area contributed by atoms with Crippen molar-refractivity contribution in [3.8, 4) is 0 Å². The second kappa shape index (κ2) is 7.81. The highest BCUT2D eigenvalue weighted by Crippen LogP contribution is 2.32. The number of rotatable bonds is 7. The molecule has 2 N–H and O–H groups in total. The first-order valence-electron chi connectivity index (χ1n) is 9.41. The Morgan fingerprint density at radius 3 is 2.58 bits per heavy atom. The molecule has 1 aromatic carbocycles. The Hall–Kier alpha value is -1.16. The number of aliphatic hydroxyl groups is 1. The summed E-state index contributed by atoms with van der Waals surface area (Å²) in [5.74, 6) is 1.50. The zero-order valence-electron chi connectivity index (χ0n) is 15.1. The van der Waals surface area contributed by atoms with Gasteiger partial charge in [-0.3, -0.25) is 0 Å². The SMILES string of the molecule is CC(C)(O)CN1CCC(CNC2CC2/C=C/c2ccccc2)CC1. The van der Waals surface area contributed by atoms with Gasteiger partial charge in [-0.15, -0.1) is 0 Å². The molecule has 0 bridgehead atoms. The van der Waals surface area contributed by atoms with Crippen LogP contribution in [0.5, 0.6) is 0 Å². The van der Waals surface area contributed by atoms with Gasteiger partial charge in [0.25, 0.3) is 0 Å². The average molecular weight is 329 g/mol. The minimum absolute atomic E-state index is 0.572. The fourth-order valence-electron chi connectivity index (χ4n) is 3.67. The summed E-state index contributed by atoms with van der Waals surface area (Å²) >= 11 is 0. The molecule has 0 amide bonds. The first-order chi connectivity index (χ1) is 11.5. The molecule has 1 aliphatic heterocycles. The zero-order valence-corrected chi connectivity index (χ0v) is 15.1. The Morgan fingerprint density at radius 1 is 1.21 bits per heavy atom. The van der Waals surface area contributed by atoms with Gasteiger partial charge in [-0.1, -0.05) is 42.5 Å². The van der Waals surface area contributed by atoms with Crippen molar-refractivity contribution in [2.24, 2.45) is 11.8 Å². The van der Waals surface area contributed by atoms with Crippen molar-refractivity contribution in [2.45, 2.75) is 44.8 Å². The Labute approximate surface area is 146 Å². The highest BCUT2D eigenvalue weighted by atomic mass is 16.3. The van der Waals surface area contributed by atoms with E-state index in [4.69, 9.17) is 0 Å². The number of hydrogen-bond donors (Lipinski definition) is 2. The number of likely N-dealkylation sites (tertiary alicyclic amines) is 1. The molecule has 0 spiro atoms. The van der Waals surface area contributed by atoms with Crippen LogP contribution in [0.2, 0.25) is 0 Å². The van der Waals surface area contributed by atoms with E-state index in [0.717, 1.165) is 32.1 Å². The van der Waals surface area contributed by atoms with E-state index in [0.29, 0.717) is 12.0 Å². The van der Waals surface area contributed by atoms with Crippen LogP contribution in [0.4, 0.5) is 0 Å². The predicted octanol–water partition coefficient (Wildman–Crippen LogP) is 3.16. The first-order valence-corrected chi connectivity index (χ1v) is 9.41. The van der Waals surface area contributed by atoms with Gasteiger partial charge in [0.2, 0.25) is 0 Å². The molecular weight excluding hydrogens is 296 g/mol. The molecule has 3 rings (SSSR count). The summed E-state index contributed by atoms with van der Waals surface area (Å²) in [6.07, 6.45) is 8.39. The number of benzene rings is 1. The number of hydrogen-bond acceptors (Lipinski definition) is 3. The third kappa shape index (κ3) is 5.73. The molecular formula is C21H32N2O. The van der Waals surface area contributed by atoms with Crippen LogP contribution in [-0.2, 0) is 0 Å². The lowest BCUT2D eigenvalue weighted by Gasteiger charge is -2.35. The Bertz CT molecular complexity index is 527. The van der Waals surface area contributed by atoms with Gasteiger partial charge in [0.05, 0.1) is 5.60 Å². The van der Waals surface area contributed by atoms with Crippen molar-refractivity contribution < 1.29 is 5.11 Å². The molecule has 1 saturated carbocycles. The van der Waals surface area contributed by atoms with E-state index in [1.165, 1.54) is 24.8 Å². The third-order valence-electron chi connectivity index (χ3n) is 5.16. The van der Waals surface area contributed by atoms with E-state index in [2.05, 4.69) is 52.7 Å². The van der Waals surface area contributed by atoms with Crippen molar-refractivity contribution in [1.82, 2.24) is 10.2 Å². The van der Waals surface area contributed by atoms with E-state index in [1.54, 1.807) is 0 Å². The largest absolute Gasteiger partial charge is 0.389 e.